The second kappa shape index (κ2) is 7.72. The number of aromatic nitrogens is 4. The zero-order chi connectivity index (χ0) is 21.4. The van der Waals surface area contributed by atoms with E-state index in [0.717, 1.165) is 10.1 Å². The van der Waals surface area contributed by atoms with Crippen LogP contribution in [0.25, 0.3) is 11.2 Å². The molecule has 0 radical (unpaired) electrons. The van der Waals surface area contributed by atoms with Crippen LogP contribution in [0.15, 0.2) is 58.1 Å². The molecule has 0 saturated heterocycles. The molecular formula is C21H19ClN4O4. The van der Waals surface area contributed by atoms with Crippen LogP contribution in [0.2, 0.25) is 5.02 Å². The molecule has 30 heavy (non-hydrogen) atoms. The summed E-state index contributed by atoms with van der Waals surface area (Å²) in [4.78, 5) is 29.8. The Morgan fingerprint density at radius 3 is 2.33 bits per heavy atom. The number of para-hydroxylation sites is 2. The van der Waals surface area contributed by atoms with Crippen LogP contribution in [0, 0.1) is 0 Å². The Bertz CT molecular complexity index is 1370. The zero-order valence-electron chi connectivity index (χ0n) is 16.6. The first-order valence-electron chi connectivity index (χ1n) is 9.13. The van der Waals surface area contributed by atoms with Gasteiger partial charge >= 0.3 is 11.7 Å². The Hall–Kier alpha value is -3.52. The maximum atomic E-state index is 13.0. The van der Waals surface area contributed by atoms with Gasteiger partial charge in [-0.25, -0.2) is 4.79 Å². The summed E-state index contributed by atoms with van der Waals surface area (Å²) in [5, 5.41) is 0.546. The van der Waals surface area contributed by atoms with E-state index in [1.54, 1.807) is 35.9 Å². The Morgan fingerprint density at radius 1 is 0.967 bits per heavy atom. The first-order valence-corrected chi connectivity index (χ1v) is 9.50. The second-order valence-corrected chi connectivity index (χ2v) is 7.11. The molecular weight excluding hydrogens is 408 g/mol. The highest BCUT2D eigenvalue weighted by molar-refractivity contribution is 6.31. The lowest BCUT2D eigenvalue weighted by atomic mass is 10.2. The Morgan fingerprint density at radius 2 is 1.63 bits per heavy atom. The van der Waals surface area contributed by atoms with Gasteiger partial charge in [0.05, 0.1) is 13.7 Å². The topological polar surface area (TPSA) is 80.3 Å². The highest BCUT2D eigenvalue weighted by Gasteiger charge is 2.22. The highest BCUT2D eigenvalue weighted by Crippen LogP contribution is 2.32. The molecule has 0 atom stereocenters. The molecule has 8 nitrogen and oxygen atoms in total. The van der Waals surface area contributed by atoms with Crippen molar-refractivity contribution in [1.29, 1.82) is 0 Å². The molecule has 4 aromatic rings. The average Bonchev–Trinajstić information content (AvgIpc) is 3.10. The van der Waals surface area contributed by atoms with E-state index in [4.69, 9.17) is 21.1 Å². The molecule has 0 spiro atoms. The van der Waals surface area contributed by atoms with Gasteiger partial charge in [-0.2, -0.15) is 4.98 Å². The molecule has 2 heterocycles. The molecule has 0 bridgehead atoms. The number of rotatable bonds is 5. The predicted molar refractivity (Wildman–Crippen MR) is 114 cm³/mol. The van der Waals surface area contributed by atoms with E-state index in [0.29, 0.717) is 16.5 Å². The fourth-order valence-corrected chi connectivity index (χ4v) is 3.45. The first-order chi connectivity index (χ1) is 14.4. The predicted octanol–water partition coefficient (Wildman–Crippen LogP) is 2.94. The molecule has 2 aromatic heterocycles. The first kappa shape index (κ1) is 19.8. The number of nitrogens with zero attached hydrogens (tertiary/aromatic N) is 4. The molecule has 0 fully saturated rings. The SMILES string of the molecule is COc1ccccc1Oc1nc2c(c(=O)n(C)c(=O)n2C)n1Cc1ccccc1Cl. The van der Waals surface area contributed by atoms with Gasteiger partial charge in [0.1, 0.15) is 0 Å². The number of ether oxygens (including phenoxy) is 2. The maximum absolute atomic E-state index is 13.0. The van der Waals surface area contributed by atoms with Gasteiger partial charge in [0.25, 0.3) is 5.56 Å². The van der Waals surface area contributed by atoms with Crippen molar-refractivity contribution in [2.45, 2.75) is 6.54 Å². The summed E-state index contributed by atoms with van der Waals surface area (Å²) < 4.78 is 15.4. The number of imidazole rings is 1. The molecule has 0 unspecified atom stereocenters. The minimum atomic E-state index is -0.473. The van der Waals surface area contributed by atoms with Crippen molar-refractivity contribution in [3.63, 3.8) is 0 Å². The summed E-state index contributed by atoms with van der Waals surface area (Å²) in [5.41, 5.74) is 0.296. The molecule has 0 aliphatic carbocycles. The van der Waals surface area contributed by atoms with Crippen LogP contribution in [-0.4, -0.2) is 25.8 Å². The van der Waals surface area contributed by atoms with E-state index in [-0.39, 0.29) is 23.7 Å². The quantitative estimate of drug-likeness (QED) is 0.490. The summed E-state index contributed by atoms with van der Waals surface area (Å²) in [6, 6.07) is 14.6. The van der Waals surface area contributed by atoms with E-state index in [2.05, 4.69) is 4.98 Å². The Balaban J connectivity index is 1.98. The van der Waals surface area contributed by atoms with Crippen LogP contribution in [-0.2, 0) is 20.6 Å². The lowest BCUT2D eigenvalue weighted by Gasteiger charge is -2.12. The fourth-order valence-electron chi connectivity index (χ4n) is 3.25. The van der Waals surface area contributed by atoms with Crippen molar-refractivity contribution < 1.29 is 9.47 Å². The number of methoxy groups -OCH3 is 1. The van der Waals surface area contributed by atoms with Gasteiger partial charge in [0, 0.05) is 19.1 Å². The van der Waals surface area contributed by atoms with E-state index in [1.165, 1.54) is 18.7 Å². The number of aryl methyl sites for hydroxylation is 1. The van der Waals surface area contributed by atoms with Gasteiger partial charge in [0.2, 0.25) is 0 Å². The zero-order valence-corrected chi connectivity index (χ0v) is 17.4. The van der Waals surface area contributed by atoms with Gasteiger partial charge in [0.15, 0.2) is 22.7 Å². The van der Waals surface area contributed by atoms with Crippen molar-refractivity contribution in [2.24, 2.45) is 14.1 Å². The van der Waals surface area contributed by atoms with E-state index in [9.17, 15) is 9.59 Å². The van der Waals surface area contributed by atoms with Crippen LogP contribution in [0.5, 0.6) is 17.5 Å². The van der Waals surface area contributed by atoms with Crippen molar-refractivity contribution in [2.75, 3.05) is 7.11 Å². The van der Waals surface area contributed by atoms with E-state index in [1.807, 2.05) is 24.3 Å². The third-order valence-corrected chi connectivity index (χ3v) is 5.24. The molecule has 0 aliphatic heterocycles. The summed E-state index contributed by atoms with van der Waals surface area (Å²) >= 11 is 6.35. The van der Waals surface area contributed by atoms with Gasteiger partial charge < -0.3 is 9.47 Å². The van der Waals surface area contributed by atoms with Crippen molar-refractivity contribution >= 4 is 22.8 Å². The van der Waals surface area contributed by atoms with Crippen molar-refractivity contribution in [3.05, 3.63) is 80.0 Å². The summed E-state index contributed by atoms with van der Waals surface area (Å²) in [7, 11) is 4.52. The van der Waals surface area contributed by atoms with Gasteiger partial charge in [-0.05, 0) is 23.8 Å². The lowest BCUT2D eigenvalue weighted by Crippen LogP contribution is -2.37. The Labute approximate surface area is 176 Å². The molecule has 2 aromatic carbocycles. The lowest BCUT2D eigenvalue weighted by molar-refractivity contribution is 0.361. The molecule has 9 heteroatoms. The van der Waals surface area contributed by atoms with Crippen LogP contribution in [0.4, 0.5) is 0 Å². The molecule has 0 saturated carbocycles. The minimum absolute atomic E-state index is 0.146. The number of benzene rings is 2. The largest absolute Gasteiger partial charge is 0.493 e. The van der Waals surface area contributed by atoms with E-state index < -0.39 is 11.2 Å². The second-order valence-electron chi connectivity index (χ2n) is 6.70. The summed E-state index contributed by atoms with van der Waals surface area (Å²) in [5.74, 6) is 0.938. The smallest absolute Gasteiger partial charge is 0.332 e. The third-order valence-electron chi connectivity index (χ3n) is 4.87. The van der Waals surface area contributed by atoms with Crippen molar-refractivity contribution in [3.8, 4) is 17.5 Å². The van der Waals surface area contributed by atoms with E-state index >= 15 is 0 Å². The fraction of sp³-hybridized carbons (Fsp3) is 0.190. The number of hydrogen-bond donors (Lipinski definition) is 0. The van der Waals surface area contributed by atoms with Crippen LogP contribution in [0.3, 0.4) is 0 Å². The minimum Gasteiger partial charge on any atom is -0.493 e. The van der Waals surface area contributed by atoms with Gasteiger partial charge in [-0.15, -0.1) is 0 Å². The maximum Gasteiger partial charge on any atom is 0.332 e. The van der Waals surface area contributed by atoms with Crippen molar-refractivity contribution in [1.82, 2.24) is 18.7 Å². The monoisotopic (exact) mass is 426 g/mol. The summed E-state index contributed by atoms with van der Waals surface area (Å²) in [6.07, 6.45) is 0. The molecule has 0 amide bonds. The molecule has 0 N–H and O–H groups in total. The van der Waals surface area contributed by atoms with Gasteiger partial charge in [-0.1, -0.05) is 41.9 Å². The molecule has 0 aliphatic rings. The number of halogens is 1. The molecule has 4 rings (SSSR count). The van der Waals surface area contributed by atoms with Crippen LogP contribution < -0.4 is 20.7 Å². The normalized spacial score (nSPS) is 11.1. The highest BCUT2D eigenvalue weighted by atomic mass is 35.5. The third kappa shape index (κ3) is 3.25. The standard InChI is InChI=1S/C21H19ClN4O4/c1-24-18-17(19(27)25(2)21(24)28)26(12-13-8-4-5-9-14(13)22)20(23-18)30-16-11-7-6-10-15(16)29-3/h4-11H,12H2,1-3H3. The number of fused-ring (bicyclic) bond motifs is 1. The number of hydrogen-bond acceptors (Lipinski definition) is 5. The van der Waals surface area contributed by atoms with Crippen LogP contribution >= 0.6 is 11.6 Å². The Kier molecular flexibility index (Phi) is 5.09. The van der Waals surface area contributed by atoms with Gasteiger partial charge in [-0.3, -0.25) is 18.5 Å². The average molecular weight is 427 g/mol. The molecule has 154 valence electrons. The van der Waals surface area contributed by atoms with Crippen LogP contribution in [0.1, 0.15) is 5.56 Å². The summed E-state index contributed by atoms with van der Waals surface area (Å²) in [6.45, 7) is 0.230.